The molecule has 1 fully saturated rings. The number of aryl methyl sites for hydroxylation is 1. The fourth-order valence-electron chi connectivity index (χ4n) is 4.43. The summed E-state index contributed by atoms with van der Waals surface area (Å²) in [7, 11) is 3.16. The third-order valence-corrected chi connectivity index (χ3v) is 8.62. The number of benzene rings is 2. The first-order valence-corrected chi connectivity index (χ1v) is 14.0. The number of para-hydroxylation sites is 1. The summed E-state index contributed by atoms with van der Waals surface area (Å²) in [6.45, 7) is 3.50. The molecule has 0 atom stereocenters. The second kappa shape index (κ2) is 10.7. The zero-order valence-electron chi connectivity index (χ0n) is 20.7. The van der Waals surface area contributed by atoms with Gasteiger partial charge in [0.15, 0.2) is 14.8 Å². The van der Waals surface area contributed by atoms with E-state index in [0.717, 1.165) is 37.2 Å². The lowest BCUT2D eigenvalue weighted by atomic mass is 10.2. The highest BCUT2D eigenvalue weighted by atomic mass is 32.2. The molecule has 0 saturated carbocycles. The summed E-state index contributed by atoms with van der Waals surface area (Å²) in [5, 5.41) is 0.433. The zero-order valence-corrected chi connectivity index (χ0v) is 23.2. The molecule has 0 aliphatic carbocycles. The Balaban J connectivity index is 1.72. The molecule has 0 spiro atoms. The van der Waals surface area contributed by atoms with E-state index in [-0.39, 0.29) is 17.2 Å². The van der Waals surface area contributed by atoms with Crippen LogP contribution in [0.4, 0.5) is 0 Å². The van der Waals surface area contributed by atoms with Gasteiger partial charge in [-0.3, -0.25) is 18.7 Å². The number of nitrogens with zero attached hydrogens (tertiary/aromatic N) is 4. The quantitative estimate of drug-likeness (QED) is 0.181. The Bertz CT molecular complexity index is 1600. The van der Waals surface area contributed by atoms with Crippen LogP contribution >= 0.6 is 35.3 Å². The molecular weight excluding hydrogens is 529 g/mol. The van der Waals surface area contributed by atoms with Gasteiger partial charge in [0, 0.05) is 19.2 Å². The summed E-state index contributed by atoms with van der Waals surface area (Å²) in [5.41, 5.74) is 2.47. The van der Waals surface area contributed by atoms with Gasteiger partial charge < -0.3 is 14.4 Å². The molecule has 4 aromatic rings. The number of thiazole rings is 1. The molecule has 0 N–H and O–H groups in total. The summed E-state index contributed by atoms with van der Waals surface area (Å²) in [6.07, 6.45) is 2.04. The van der Waals surface area contributed by atoms with Crippen molar-refractivity contribution in [2.45, 2.75) is 24.9 Å². The fraction of sp³-hybridized carbons (Fsp3) is 0.308. The molecule has 1 aliphatic rings. The van der Waals surface area contributed by atoms with Crippen LogP contribution in [-0.2, 0) is 4.79 Å². The van der Waals surface area contributed by atoms with Crippen molar-refractivity contribution in [3.63, 3.8) is 0 Å². The van der Waals surface area contributed by atoms with Gasteiger partial charge in [0.2, 0.25) is 5.91 Å². The summed E-state index contributed by atoms with van der Waals surface area (Å²) in [5.74, 6) is 1.43. The van der Waals surface area contributed by atoms with Gasteiger partial charge in [-0.2, -0.15) is 0 Å². The molecule has 1 aliphatic heterocycles. The van der Waals surface area contributed by atoms with Crippen molar-refractivity contribution in [3.8, 4) is 22.9 Å². The molecule has 1 amide bonds. The molecule has 5 rings (SSSR count). The van der Waals surface area contributed by atoms with Crippen LogP contribution < -0.4 is 15.0 Å². The first-order chi connectivity index (χ1) is 17.9. The Labute approximate surface area is 227 Å². The molecule has 0 radical (unpaired) electrons. The molecule has 37 heavy (non-hydrogen) atoms. The lowest BCUT2D eigenvalue weighted by Crippen LogP contribution is -2.30. The van der Waals surface area contributed by atoms with Crippen LogP contribution in [0, 0.1) is 10.9 Å². The van der Waals surface area contributed by atoms with E-state index in [0.29, 0.717) is 36.6 Å². The smallest absolute Gasteiger partial charge is 0.278 e. The summed E-state index contributed by atoms with van der Waals surface area (Å²) in [4.78, 5) is 33.7. The number of carbonyl (C=O) groups excluding carboxylic acids is 1. The van der Waals surface area contributed by atoms with Gasteiger partial charge in [-0.05, 0) is 55.7 Å². The standard InChI is InChI=1S/C26H26N4O4S3/c1-16-8-4-5-9-18(16)30-24(32)22-23(27-25(30)36-15-21(31)28-12-6-7-13-28)29(26(35)37-22)19-14-17(33-2)10-11-20(19)34-3/h4-5,8-11,14H,6-7,12-13,15H2,1-3H3. The first-order valence-electron chi connectivity index (χ1n) is 11.8. The van der Waals surface area contributed by atoms with Gasteiger partial charge >= 0.3 is 0 Å². The van der Waals surface area contributed by atoms with Gasteiger partial charge in [-0.25, -0.2) is 4.98 Å². The van der Waals surface area contributed by atoms with Crippen molar-refractivity contribution in [1.29, 1.82) is 0 Å². The highest BCUT2D eigenvalue weighted by Crippen LogP contribution is 2.34. The van der Waals surface area contributed by atoms with Crippen molar-refractivity contribution in [2.24, 2.45) is 0 Å². The predicted molar refractivity (Wildman–Crippen MR) is 150 cm³/mol. The number of hydrogen-bond acceptors (Lipinski definition) is 8. The Morgan fingerprint density at radius 3 is 2.54 bits per heavy atom. The maximum Gasteiger partial charge on any atom is 0.278 e. The molecule has 0 bridgehead atoms. The van der Waals surface area contributed by atoms with E-state index < -0.39 is 0 Å². The van der Waals surface area contributed by atoms with Crippen molar-refractivity contribution in [2.75, 3.05) is 33.1 Å². The number of amides is 1. The maximum absolute atomic E-state index is 14.0. The average Bonchev–Trinajstić information content (AvgIpc) is 3.56. The first kappa shape index (κ1) is 25.5. The van der Waals surface area contributed by atoms with Gasteiger partial charge in [0.1, 0.15) is 16.2 Å². The summed E-state index contributed by atoms with van der Waals surface area (Å²) >= 11 is 8.19. The van der Waals surface area contributed by atoms with E-state index in [1.165, 1.54) is 23.1 Å². The minimum atomic E-state index is -0.230. The number of ether oxygens (including phenoxy) is 2. The second-order valence-corrected chi connectivity index (χ2v) is 11.2. The Hall–Kier alpha value is -3.15. The molecule has 0 unspecified atom stereocenters. The summed E-state index contributed by atoms with van der Waals surface area (Å²) < 4.78 is 15.2. The number of fused-ring (bicyclic) bond motifs is 1. The van der Waals surface area contributed by atoms with Crippen molar-refractivity contribution < 1.29 is 14.3 Å². The van der Waals surface area contributed by atoms with Crippen molar-refractivity contribution in [3.05, 3.63) is 62.3 Å². The number of rotatable bonds is 7. The van der Waals surface area contributed by atoms with Gasteiger partial charge in [0.05, 0.1) is 31.3 Å². The van der Waals surface area contributed by atoms with E-state index in [4.69, 9.17) is 26.7 Å². The monoisotopic (exact) mass is 554 g/mol. The van der Waals surface area contributed by atoms with E-state index in [1.54, 1.807) is 41.6 Å². The fourth-order valence-corrected chi connectivity index (χ4v) is 6.62. The molecule has 2 aromatic heterocycles. The molecule has 11 heteroatoms. The highest BCUT2D eigenvalue weighted by molar-refractivity contribution is 7.99. The number of thioether (sulfide) groups is 1. The average molecular weight is 555 g/mol. The van der Waals surface area contributed by atoms with E-state index >= 15 is 0 Å². The zero-order chi connectivity index (χ0) is 26.1. The second-order valence-electron chi connectivity index (χ2n) is 8.59. The van der Waals surface area contributed by atoms with Crippen molar-refractivity contribution in [1.82, 2.24) is 19.0 Å². The number of aromatic nitrogens is 3. The Morgan fingerprint density at radius 2 is 1.84 bits per heavy atom. The highest BCUT2D eigenvalue weighted by Gasteiger charge is 2.23. The van der Waals surface area contributed by atoms with Crippen LogP contribution in [0.1, 0.15) is 18.4 Å². The molecular formula is C26H26N4O4S3. The lowest BCUT2D eigenvalue weighted by Gasteiger charge is -2.17. The van der Waals surface area contributed by atoms with Gasteiger partial charge in [-0.1, -0.05) is 41.3 Å². The molecule has 3 heterocycles. The number of carbonyl (C=O) groups is 1. The lowest BCUT2D eigenvalue weighted by molar-refractivity contribution is -0.127. The van der Waals surface area contributed by atoms with Crippen molar-refractivity contribution >= 4 is 51.6 Å². The molecule has 192 valence electrons. The Morgan fingerprint density at radius 1 is 1.08 bits per heavy atom. The Kier molecular flexibility index (Phi) is 7.36. The van der Waals surface area contributed by atoms with Crippen LogP contribution in [0.15, 0.2) is 52.4 Å². The topological polar surface area (TPSA) is 78.6 Å². The number of hydrogen-bond donors (Lipinski definition) is 0. The number of likely N-dealkylation sites (tertiary alicyclic amines) is 1. The van der Waals surface area contributed by atoms with E-state index in [2.05, 4.69) is 0 Å². The largest absolute Gasteiger partial charge is 0.497 e. The summed E-state index contributed by atoms with van der Waals surface area (Å²) in [6, 6.07) is 13.0. The third-order valence-electron chi connectivity index (χ3n) is 6.34. The van der Waals surface area contributed by atoms with Crippen LogP contribution in [0.2, 0.25) is 0 Å². The van der Waals surface area contributed by atoms with E-state index in [9.17, 15) is 9.59 Å². The minimum Gasteiger partial charge on any atom is -0.497 e. The molecule has 8 nitrogen and oxygen atoms in total. The van der Waals surface area contributed by atoms with Gasteiger partial charge in [-0.15, -0.1) is 0 Å². The minimum absolute atomic E-state index is 0.0461. The van der Waals surface area contributed by atoms with E-state index in [1.807, 2.05) is 36.1 Å². The maximum atomic E-state index is 14.0. The normalized spacial score (nSPS) is 13.3. The predicted octanol–water partition coefficient (Wildman–Crippen LogP) is 5.01. The SMILES string of the molecule is COc1ccc(OC)c(-n2c(=S)sc3c(=O)n(-c4ccccc4C)c(SCC(=O)N4CCCC4)nc32)c1. The van der Waals surface area contributed by atoms with Crippen LogP contribution in [0.5, 0.6) is 11.5 Å². The molecule has 2 aromatic carbocycles. The molecule has 1 saturated heterocycles. The third kappa shape index (κ3) is 4.78. The van der Waals surface area contributed by atoms with Crippen LogP contribution in [0.25, 0.3) is 21.7 Å². The van der Waals surface area contributed by atoms with Crippen LogP contribution in [-0.4, -0.2) is 58.0 Å². The van der Waals surface area contributed by atoms with Gasteiger partial charge in [0.25, 0.3) is 5.56 Å². The van der Waals surface area contributed by atoms with Crippen LogP contribution in [0.3, 0.4) is 0 Å². The number of methoxy groups -OCH3 is 2.